The van der Waals surface area contributed by atoms with Crippen LogP contribution in [0.1, 0.15) is 29.8 Å². The van der Waals surface area contributed by atoms with Gasteiger partial charge in [0.2, 0.25) is 6.79 Å². The van der Waals surface area contributed by atoms with Crippen LogP contribution in [-0.2, 0) is 0 Å². The number of rotatable bonds is 5. The Labute approximate surface area is 164 Å². The molecule has 2 N–H and O–H groups in total. The number of anilines is 2. The lowest BCUT2D eigenvalue weighted by atomic mass is 10.1. The first-order valence-electron chi connectivity index (χ1n) is 8.89. The Balaban J connectivity index is 1.64. The molecule has 0 atom stereocenters. The zero-order chi connectivity index (χ0) is 19.4. The van der Waals surface area contributed by atoms with Crippen molar-refractivity contribution in [3.8, 4) is 11.5 Å². The minimum absolute atomic E-state index is 0.170. The third kappa shape index (κ3) is 4.31. The Morgan fingerprint density at radius 1 is 1.11 bits per heavy atom. The van der Waals surface area contributed by atoms with Gasteiger partial charge in [0.05, 0.1) is 0 Å². The van der Waals surface area contributed by atoms with Crippen LogP contribution in [-0.4, -0.2) is 30.9 Å². The number of thiocarbonyl (C=S) groups is 1. The normalized spacial score (nSPS) is 11.8. The Bertz CT molecular complexity index is 866. The highest BCUT2D eigenvalue weighted by molar-refractivity contribution is 7.80. The van der Waals surface area contributed by atoms with Crippen molar-refractivity contribution in [3.63, 3.8) is 0 Å². The first kappa shape index (κ1) is 19.0. The lowest BCUT2D eigenvalue weighted by Gasteiger charge is -2.22. The second kappa shape index (κ2) is 8.26. The van der Waals surface area contributed by atoms with Gasteiger partial charge < -0.3 is 19.7 Å². The fourth-order valence-electron chi connectivity index (χ4n) is 2.94. The van der Waals surface area contributed by atoms with Crippen LogP contribution in [0.5, 0.6) is 11.5 Å². The van der Waals surface area contributed by atoms with Crippen LogP contribution in [0.4, 0.5) is 11.4 Å². The number of hydrogen-bond acceptors (Lipinski definition) is 5. The molecule has 1 aliphatic rings. The Morgan fingerprint density at radius 2 is 1.85 bits per heavy atom. The van der Waals surface area contributed by atoms with Crippen LogP contribution in [0.3, 0.4) is 0 Å². The first-order chi connectivity index (χ1) is 13.0. The largest absolute Gasteiger partial charge is 0.454 e. The van der Waals surface area contributed by atoms with Gasteiger partial charge in [-0.25, -0.2) is 0 Å². The first-order valence-corrected chi connectivity index (χ1v) is 9.30. The van der Waals surface area contributed by atoms with Crippen molar-refractivity contribution in [1.29, 1.82) is 0 Å². The predicted molar refractivity (Wildman–Crippen MR) is 111 cm³/mol. The lowest BCUT2D eigenvalue weighted by molar-refractivity contribution is 0.0977. The van der Waals surface area contributed by atoms with Gasteiger partial charge in [0.1, 0.15) is 0 Å². The number of amides is 1. The predicted octanol–water partition coefficient (Wildman–Crippen LogP) is 3.70. The number of benzene rings is 2. The van der Waals surface area contributed by atoms with E-state index < -0.39 is 0 Å². The van der Waals surface area contributed by atoms with E-state index in [1.807, 2.05) is 19.1 Å². The fraction of sp³-hybridized carbons (Fsp3) is 0.300. The molecule has 0 radical (unpaired) electrons. The highest BCUT2D eigenvalue weighted by Crippen LogP contribution is 2.32. The van der Waals surface area contributed by atoms with Gasteiger partial charge >= 0.3 is 0 Å². The van der Waals surface area contributed by atoms with Crippen LogP contribution in [0, 0.1) is 6.92 Å². The van der Waals surface area contributed by atoms with Crippen molar-refractivity contribution in [2.75, 3.05) is 30.1 Å². The van der Waals surface area contributed by atoms with E-state index in [0.717, 1.165) is 24.3 Å². The molecule has 1 heterocycles. The van der Waals surface area contributed by atoms with E-state index in [-0.39, 0.29) is 17.8 Å². The number of nitrogens with zero attached hydrogens (tertiary/aromatic N) is 1. The van der Waals surface area contributed by atoms with Gasteiger partial charge in [-0.2, -0.15) is 0 Å². The van der Waals surface area contributed by atoms with E-state index in [1.165, 1.54) is 5.69 Å². The monoisotopic (exact) mass is 385 g/mol. The molecular formula is C20H23N3O3S. The van der Waals surface area contributed by atoms with Crippen LogP contribution in [0.2, 0.25) is 0 Å². The van der Waals surface area contributed by atoms with Crippen molar-refractivity contribution >= 4 is 34.6 Å². The van der Waals surface area contributed by atoms with Crippen molar-refractivity contribution in [1.82, 2.24) is 5.32 Å². The maximum absolute atomic E-state index is 12.4. The summed E-state index contributed by atoms with van der Waals surface area (Å²) < 4.78 is 10.6. The van der Waals surface area contributed by atoms with Crippen molar-refractivity contribution in [2.24, 2.45) is 0 Å². The molecule has 3 rings (SSSR count). The molecule has 7 heteroatoms. The van der Waals surface area contributed by atoms with Crippen molar-refractivity contribution < 1.29 is 14.3 Å². The minimum atomic E-state index is -0.303. The van der Waals surface area contributed by atoms with Crippen LogP contribution in [0.25, 0.3) is 0 Å². The van der Waals surface area contributed by atoms with E-state index in [2.05, 4.69) is 35.4 Å². The molecule has 0 bridgehead atoms. The summed E-state index contributed by atoms with van der Waals surface area (Å²) >= 11 is 5.29. The van der Waals surface area contributed by atoms with E-state index >= 15 is 0 Å². The summed E-state index contributed by atoms with van der Waals surface area (Å²) in [6.07, 6.45) is 0. The van der Waals surface area contributed by atoms with Crippen molar-refractivity contribution in [3.05, 3.63) is 47.5 Å². The molecule has 0 saturated heterocycles. The molecular weight excluding hydrogens is 362 g/mol. The zero-order valence-electron chi connectivity index (χ0n) is 15.7. The molecule has 0 unspecified atom stereocenters. The topological polar surface area (TPSA) is 62.8 Å². The highest BCUT2D eigenvalue weighted by atomic mass is 32.1. The SMILES string of the molecule is CCN(CC)c1ccc(NC(=S)NC(=O)c2ccc3c(c2)OCO3)c(C)c1. The number of hydrogen-bond donors (Lipinski definition) is 2. The third-order valence-electron chi connectivity index (χ3n) is 4.45. The highest BCUT2D eigenvalue weighted by Gasteiger charge is 2.17. The summed E-state index contributed by atoms with van der Waals surface area (Å²) in [4.78, 5) is 14.7. The summed E-state index contributed by atoms with van der Waals surface area (Å²) in [5.74, 6) is 0.892. The van der Waals surface area contributed by atoms with Gasteiger partial charge in [0.25, 0.3) is 5.91 Å². The quantitative estimate of drug-likeness (QED) is 0.766. The number of fused-ring (bicyclic) bond motifs is 1. The van der Waals surface area contributed by atoms with E-state index in [0.29, 0.717) is 17.1 Å². The molecule has 0 spiro atoms. The smallest absolute Gasteiger partial charge is 0.257 e. The number of nitrogens with one attached hydrogen (secondary N) is 2. The maximum Gasteiger partial charge on any atom is 0.257 e. The number of ether oxygens (including phenoxy) is 2. The van der Waals surface area contributed by atoms with Crippen LogP contribution >= 0.6 is 12.2 Å². The summed E-state index contributed by atoms with van der Waals surface area (Å²) in [5, 5.41) is 6.03. The average Bonchev–Trinajstić information content (AvgIpc) is 3.12. The molecule has 2 aromatic rings. The number of aryl methyl sites for hydroxylation is 1. The molecule has 6 nitrogen and oxygen atoms in total. The van der Waals surface area contributed by atoms with Gasteiger partial charge in [-0.05, 0) is 75.0 Å². The fourth-order valence-corrected chi connectivity index (χ4v) is 3.14. The van der Waals surface area contributed by atoms with Crippen LogP contribution < -0.4 is 25.0 Å². The maximum atomic E-state index is 12.4. The molecule has 1 aliphatic heterocycles. The van der Waals surface area contributed by atoms with E-state index in [4.69, 9.17) is 21.7 Å². The van der Waals surface area contributed by atoms with Gasteiger partial charge in [0.15, 0.2) is 16.6 Å². The molecule has 1 amide bonds. The third-order valence-corrected chi connectivity index (χ3v) is 4.65. The van der Waals surface area contributed by atoms with Gasteiger partial charge in [-0.15, -0.1) is 0 Å². The zero-order valence-corrected chi connectivity index (χ0v) is 16.5. The summed E-state index contributed by atoms with van der Waals surface area (Å²) in [6, 6.07) is 11.2. The molecule has 2 aromatic carbocycles. The molecule has 0 fully saturated rings. The Morgan fingerprint density at radius 3 is 2.56 bits per heavy atom. The van der Waals surface area contributed by atoms with Crippen LogP contribution in [0.15, 0.2) is 36.4 Å². The molecule has 0 aromatic heterocycles. The van der Waals surface area contributed by atoms with Gasteiger partial charge in [0, 0.05) is 30.0 Å². The molecule has 142 valence electrons. The second-order valence-corrected chi connectivity index (χ2v) is 6.56. The van der Waals surface area contributed by atoms with E-state index in [1.54, 1.807) is 18.2 Å². The molecule has 0 saturated carbocycles. The Hall–Kier alpha value is -2.80. The standard InChI is InChI=1S/C20H23N3O3S/c1-4-23(5-2)15-7-8-16(13(3)10-15)21-20(27)22-19(24)14-6-9-17-18(11-14)26-12-25-17/h6-11H,4-5,12H2,1-3H3,(H2,21,22,24,27). The van der Waals surface area contributed by atoms with Gasteiger partial charge in [-0.1, -0.05) is 0 Å². The van der Waals surface area contributed by atoms with E-state index in [9.17, 15) is 4.79 Å². The summed E-state index contributed by atoms with van der Waals surface area (Å²) in [6.45, 7) is 8.34. The molecule has 0 aliphatic carbocycles. The minimum Gasteiger partial charge on any atom is -0.454 e. The van der Waals surface area contributed by atoms with Crippen molar-refractivity contribution in [2.45, 2.75) is 20.8 Å². The summed E-state index contributed by atoms with van der Waals surface area (Å²) in [7, 11) is 0. The molecule has 27 heavy (non-hydrogen) atoms. The average molecular weight is 385 g/mol. The van der Waals surface area contributed by atoms with Gasteiger partial charge in [-0.3, -0.25) is 10.1 Å². The Kier molecular flexibility index (Phi) is 5.81. The number of carbonyl (C=O) groups is 1. The number of carbonyl (C=O) groups excluding carboxylic acids is 1. The lowest BCUT2D eigenvalue weighted by Crippen LogP contribution is -2.34. The second-order valence-electron chi connectivity index (χ2n) is 6.15. The summed E-state index contributed by atoms with van der Waals surface area (Å²) in [5.41, 5.74) is 3.54.